The molecule has 1 aromatic carbocycles. The average molecular weight is 307 g/mol. The Labute approximate surface area is 124 Å². The molecule has 0 aliphatic rings. The smallest absolute Gasteiger partial charge is 0.151 e. The molecule has 20 heavy (non-hydrogen) atoms. The lowest BCUT2D eigenvalue weighted by Crippen LogP contribution is -2.02. The van der Waals surface area contributed by atoms with Gasteiger partial charge in [-0.2, -0.15) is 8.75 Å². The van der Waals surface area contributed by atoms with E-state index in [1.807, 2.05) is 13.0 Å². The first-order valence-electron chi connectivity index (χ1n) is 6.01. The number of rotatable bonds is 4. The summed E-state index contributed by atoms with van der Waals surface area (Å²) in [5, 5.41) is 6.84. The van der Waals surface area contributed by atoms with Crippen molar-refractivity contribution < 1.29 is 0 Å². The van der Waals surface area contributed by atoms with Crippen LogP contribution in [0.2, 0.25) is 5.02 Å². The Hall–Kier alpha value is -1.99. The fourth-order valence-electron chi connectivity index (χ4n) is 1.77. The Morgan fingerprint density at radius 3 is 2.90 bits per heavy atom. The summed E-state index contributed by atoms with van der Waals surface area (Å²) < 4.78 is 8.45. The first-order valence-corrected chi connectivity index (χ1v) is 7.12. The maximum absolute atomic E-state index is 6.22. The molecule has 0 bridgehead atoms. The fraction of sp³-hybridized carbons (Fsp3) is 0.167. The highest BCUT2D eigenvalue weighted by molar-refractivity contribution is 7.00. The number of fused-ring (bicyclic) bond motifs is 1. The van der Waals surface area contributed by atoms with Crippen molar-refractivity contribution in [3.63, 3.8) is 0 Å². The van der Waals surface area contributed by atoms with Gasteiger partial charge in [0.1, 0.15) is 16.9 Å². The van der Waals surface area contributed by atoms with E-state index >= 15 is 0 Å². The molecule has 8 heteroatoms. The van der Waals surface area contributed by atoms with Crippen LogP contribution in [0, 0.1) is 0 Å². The molecule has 102 valence electrons. The van der Waals surface area contributed by atoms with Crippen LogP contribution in [0.5, 0.6) is 0 Å². The third-order valence-electron chi connectivity index (χ3n) is 2.62. The maximum Gasteiger partial charge on any atom is 0.151 e. The molecular formula is C12H11ClN6S. The van der Waals surface area contributed by atoms with E-state index in [1.165, 1.54) is 0 Å². The zero-order valence-electron chi connectivity index (χ0n) is 10.6. The topological polar surface area (TPSA) is 75.6 Å². The lowest BCUT2D eigenvalue weighted by Gasteiger charge is -2.09. The predicted molar refractivity (Wildman–Crippen MR) is 81.9 cm³/mol. The van der Waals surface area contributed by atoms with E-state index in [1.54, 1.807) is 18.5 Å². The fourth-order valence-corrected chi connectivity index (χ4v) is 2.51. The third kappa shape index (κ3) is 2.50. The second kappa shape index (κ2) is 5.56. The van der Waals surface area contributed by atoms with Gasteiger partial charge in [0.15, 0.2) is 5.82 Å². The van der Waals surface area contributed by atoms with Gasteiger partial charge in [0, 0.05) is 6.54 Å². The van der Waals surface area contributed by atoms with Gasteiger partial charge in [-0.05, 0) is 19.1 Å². The number of aromatic nitrogens is 4. The predicted octanol–water partition coefficient (Wildman–Crippen LogP) is 3.31. The van der Waals surface area contributed by atoms with Crippen LogP contribution in [0.1, 0.15) is 6.92 Å². The number of halogens is 1. The Kier molecular flexibility index (Phi) is 3.62. The lowest BCUT2D eigenvalue weighted by atomic mass is 10.2. The molecule has 3 aromatic rings. The van der Waals surface area contributed by atoms with Gasteiger partial charge in [-0.3, -0.25) is 4.98 Å². The maximum atomic E-state index is 6.22. The van der Waals surface area contributed by atoms with E-state index in [-0.39, 0.29) is 0 Å². The molecule has 0 fully saturated rings. The molecule has 2 N–H and O–H groups in total. The average Bonchev–Trinajstić information content (AvgIpc) is 2.91. The summed E-state index contributed by atoms with van der Waals surface area (Å²) in [4.78, 5) is 8.53. The van der Waals surface area contributed by atoms with Crippen LogP contribution in [0.15, 0.2) is 24.5 Å². The van der Waals surface area contributed by atoms with Gasteiger partial charge in [-0.15, -0.1) is 0 Å². The summed E-state index contributed by atoms with van der Waals surface area (Å²) in [5.74, 6) is 1.31. The Morgan fingerprint density at radius 1 is 1.20 bits per heavy atom. The van der Waals surface area contributed by atoms with Crippen molar-refractivity contribution in [3.05, 3.63) is 29.5 Å². The summed E-state index contributed by atoms with van der Waals surface area (Å²) in [6.07, 6.45) is 3.30. The van der Waals surface area contributed by atoms with Gasteiger partial charge in [-0.1, -0.05) is 11.6 Å². The van der Waals surface area contributed by atoms with Gasteiger partial charge >= 0.3 is 0 Å². The van der Waals surface area contributed by atoms with Crippen molar-refractivity contribution in [2.45, 2.75) is 6.92 Å². The molecule has 0 amide bonds. The first kappa shape index (κ1) is 13.0. The van der Waals surface area contributed by atoms with Crippen molar-refractivity contribution >= 4 is 51.7 Å². The number of anilines is 3. The monoisotopic (exact) mass is 306 g/mol. The first-order chi connectivity index (χ1) is 9.78. The summed E-state index contributed by atoms with van der Waals surface area (Å²) in [7, 11) is 0. The number of nitrogens with one attached hydrogen (secondary N) is 2. The van der Waals surface area contributed by atoms with Crippen molar-refractivity contribution in [1.29, 1.82) is 0 Å². The zero-order chi connectivity index (χ0) is 13.9. The summed E-state index contributed by atoms with van der Waals surface area (Å²) >= 11 is 7.37. The minimum atomic E-state index is 0.570. The largest absolute Gasteiger partial charge is 0.369 e. The van der Waals surface area contributed by atoms with Gasteiger partial charge in [0.25, 0.3) is 0 Å². The molecule has 0 radical (unpaired) electrons. The van der Waals surface area contributed by atoms with Crippen molar-refractivity contribution in [1.82, 2.24) is 18.7 Å². The second-order valence-corrected chi connectivity index (χ2v) is 4.93. The van der Waals surface area contributed by atoms with Crippen molar-refractivity contribution in [2.75, 3.05) is 17.2 Å². The van der Waals surface area contributed by atoms with Crippen LogP contribution < -0.4 is 10.6 Å². The highest BCUT2D eigenvalue weighted by atomic mass is 35.5. The van der Waals surface area contributed by atoms with E-state index in [9.17, 15) is 0 Å². The number of hydrogen-bond donors (Lipinski definition) is 2. The number of hydrogen-bond acceptors (Lipinski definition) is 7. The van der Waals surface area contributed by atoms with E-state index in [0.29, 0.717) is 22.3 Å². The van der Waals surface area contributed by atoms with Crippen molar-refractivity contribution in [2.24, 2.45) is 0 Å². The molecule has 0 aliphatic heterocycles. The molecule has 0 saturated heterocycles. The van der Waals surface area contributed by atoms with E-state index in [0.717, 1.165) is 29.3 Å². The van der Waals surface area contributed by atoms with Gasteiger partial charge in [0.05, 0.1) is 34.8 Å². The minimum absolute atomic E-state index is 0.570. The Bertz CT molecular complexity index is 744. The molecule has 0 aliphatic carbocycles. The van der Waals surface area contributed by atoms with E-state index < -0.39 is 0 Å². The second-order valence-electron chi connectivity index (χ2n) is 4.00. The van der Waals surface area contributed by atoms with Crippen LogP contribution in [0.4, 0.5) is 17.3 Å². The SMILES string of the molecule is CCNc1cncc(Nc2c(Cl)ccc3nsnc23)n1. The van der Waals surface area contributed by atoms with Gasteiger partial charge in [-0.25, -0.2) is 4.98 Å². The van der Waals surface area contributed by atoms with E-state index in [4.69, 9.17) is 11.6 Å². The number of benzene rings is 1. The molecule has 0 unspecified atom stereocenters. The lowest BCUT2D eigenvalue weighted by molar-refractivity contribution is 1.12. The normalized spacial score (nSPS) is 10.7. The Balaban J connectivity index is 1.98. The molecule has 2 aromatic heterocycles. The molecule has 0 atom stereocenters. The zero-order valence-corrected chi connectivity index (χ0v) is 12.2. The van der Waals surface area contributed by atoms with Crippen LogP contribution in [0.25, 0.3) is 11.0 Å². The summed E-state index contributed by atoms with van der Waals surface area (Å²) in [5.41, 5.74) is 2.23. The van der Waals surface area contributed by atoms with Crippen LogP contribution in [-0.2, 0) is 0 Å². The molecular weight excluding hydrogens is 296 g/mol. The van der Waals surface area contributed by atoms with Gasteiger partial charge < -0.3 is 10.6 Å². The van der Waals surface area contributed by atoms with Crippen LogP contribution >= 0.6 is 23.3 Å². The Morgan fingerprint density at radius 2 is 2.05 bits per heavy atom. The molecule has 3 rings (SSSR count). The summed E-state index contributed by atoms with van der Waals surface area (Å²) in [6.45, 7) is 2.78. The molecule has 0 saturated carbocycles. The highest BCUT2D eigenvalue weighted by Gasteiger charge is 2.11. The van der Waals surface area contributed by atoms with Crippen LogP contribution in [0.3, 0.4) is 0 Å². The van der Waals surface area contributed by atoms with Crippen molar-refractivity contribution in [3.8, 4) is 0 Å². The standard InChI is InChI=1S/C12H11ClN6S/c1-2-15-9-5-14-6-10(16-9)17-11-7(13)3-4-8-12(11)19-20-18-8/h3-6H,2H2,1H3,(H2,15,16,17). The summed E-state index contributed by atoms with van der Waals surface area (Å²) in [6, 6.07) is 3.63. The highest BCUT2D eigenvalue weighted by Crippen LogP contribution is 2.31. The third-order valence-corrected chi connectivity index (χ3v) is 3.48. The molecule has 0 spiro atoms. The van der Waals surface area contributed by atoms with Crippen LogP contribution in [-0.4, -0.2) is 25.3 Å². The van der Waals surface area contributed by atoms with Gasteiger partial charge in [0.2, 0.25) is 0 Å². The molecule has 6 nitrogen and oxygen atoms in total. The number of nitrogens with zero attached hydrogens (tertiary/aromatic N) is 4. The quantitative estimate of drug-likeness (QED) is 0.770. The van der Waals surface area contributed by atoms with E-state index in [2.05, 4.69) is 29.3 Å². The molecule has 2 heterocycles. The minimum Gasteiger partial charge on any atom is -0.369 e.